The van der Waals surface area contributed by atoms with Crippen LogP contribution in [0.3, 0.4) is 0 Å². The van der Waals surface area contributed by atoms with Crippen LogP contribution in [0, 0.1) is 0 Å². The summed E-state index contributed by atoms with van der Waals surface area (Å²) in [5.74, 6) is -0.416. The summed E-state index contributed by atoms with van der Waals surface area (Å²) in [4.78, 5) is 18.9. The molecule has 0 bridgehead atoms. The Bertz CT molecular complexity index is 956. The number of rotatable bonds is 6. The lowest BCUT2D eigenvalue weighted by atomic mass is 9.93. The lowest BCUT2D eigenvalue weighted by molar-refractivity contribution is 0.0527. The summed E-state index contributed by atoms with van der Waals surface area (Å²) in [6, 6.07) is 13.5. The van der Waals surface area contributed by atoms with E-state index in [9.17, 15) is 4.79 Å². The van der Waals surface area contributed by atoms with Gasteiger partial charge in [0, 0.05) is 23.8 Å². The van der Waals surface area contributed by atoms with Crippen molar-refractivity contribution in [3.63, 3.8) is 0 Å². The van der Waals surface area contributed by atoms with Gasteiger partial charge in [-0.05, 0) is 44.8 Å². The Kier molecular flexibility index (Phi) is 5.77. The maximum Gasteiger partial charge on any atom is 0.341 e. The van der Waals surface area contributed by atoms with Crippen molar-refractivity contribution in [3.05, 3.63) is 59.8 Å². The number of fused-ring (bicyclic) bond motifs is 1. The Morgan fingerprint density at radius 3 is 2.59 bits per heavy atom. The molecule has 3 rings (SSSR count). The maximum absolute atomic E-state index is 12.4. The monoisotopic (exact) mass is 359 g/mol. The maximum atomic E-state index is 12.4. The van der Waals surface area contributed by atoms with E-state index in [1.54, 1.807) is 19.2 Å². The highest BCUT2D eigenvalue weighted by atomic mass is 16.5. The number of carbonyl (C=O) groups excluding carboxylic acids is 1. The first-order valence-electron chi connectivity index (χ1n) is 8.84. The minimum absolute atomic E-state index is 0.298. The van der Waals surface area contributed by atoms with Crippen molar-refractivity contribution in [3.8, 4) is 0 Å². The standard InChI is InChI=1S/C21H22BN3O2/c1-4-27-21(26)18-12-23-19-10-7-15(22)11-17(19)20(18)24-16-8-5-14(6-9-16)13-25(2)3/h5-12H,4,13H2,1-3H3,(H,23,24). The summed E-state index contributed by atoms with van der Waals surface area (Å²) >= 11 is 0. The van der Waals surface area contributed by atoms with Crippen LogP contribution in [0.4, 0.5) is 11.4 Å². The average molecular weight is 359 g/mol. The summed E-state index contributed by atoms with van der Waals surface area (Å²) in [7, 11) is 10.0. The van der Waals surface area contributed by atoms with Gasteiger partial charge in [-0.3, -0.25) is 4.98 Å². The van der Waals surface area contributed by atoms with E-state index in [1.165, 1.54) is 5.56 Å². The second-order valence-electron chi connectivity index (χ2n) is 6.60. The van der Waals surface area contributed by atoms with Crippen molar-refractivity contribution < 1.29 is 9.53 Å². The molecule has 27 heavy (non-hydrogen) atoms. The molecule has 0 saturated heterocycles. The molecule has 1 heterocycles. The molecule has 6 heteroatoms. The molecule has 3 aromatic rings. The van der Waals surface area contributed by atoms with E-state index in [1.807, 2.05) is 38.4 Å². The normalized spacial score (nSPS) is 11.0. The fourth-order valence-electron chi connectivity index (χ4n) is 2.91. The second kappa shape index (κ2) is 8.23. The number of benzene rings is 2. The molecule has 0 spiro atoms. The first kappa shape index (κ1) is 18.9. The van der Waals surface area contributed by atoms with Gasteiger partial charge in [0.2, 0.25) is 0 Å². The van der Waals surface area contributed by atoms with Crippen molar-refractivity contribution >= 4 is 41.6 Å². The van der Waals surface area contributed by atoms with Crippen molar-refractivity contribution in [2.45, 2.75) is 13.5 Å². The van der Waals surface area contributed by atoms with Crippen LogP contribution in [0.1, 0.15) is 22.8 Å². The molecule has 0 atom stereocenters. The van der Waals surface area contributed by atoms with E-state index in [2.05, 4.69) is 27.3 Å². The minimum atomic E-state index is -0.416. The second-order valence-corrected chi connectivity index (χ2v) is 6.60. The predicted molar refractivity (Wildman–Crippen MR) is 110 cm³/mol. The molecule has 2 radical (unpaired) electrons. The Hall–Kier alpha value is -2.86. The molecular weight excluding hydrogens is 337 g/mol. The van der Waals surface area contributed by atoms with Crippen LogP contribution >= 0.6 is 0 Å². The summed E-state index contributed by atoms with van der Waals surface area (Å²) in [5.41, 5.74) is 4.47. The molecule has 0 aliphatic heterocycles. The van der Waals surface area contributed by atoms with Gasteiger partial charge in [-0.2, -0.15) is 0 Å². The molecule has 0 fully saturated rings. The Morgan fingerprint density at radius 2 is 1.93 bits per heavy atom. The third-order valence-electron chi connectivity index (χ3n) is 4.11. The molecule has 2 aromatic carbocycles. The number of nitrogens with zero attached hydrogens (tertiary/aromatic N) is 2. The van der Waals surface area contributed by atoms with Crippen LogP contribution in [0.5, 0.6) is 0 Å². The number of carbonyl (C=O) groups is 1. The lowest BCUT2D eigenvalue weighted by Gasteiger charge is -2.15. The SMILES string of the molecule is [B]c1ccc2ncc(C(=O)OCC)c(Nc3ccc(CN(C)C)cc3)c2c1. The molecule has 0 unspecified atom stereocenters. The lowest BCUT2D eigenvalue weighted by Crippen LogP contribution is -2.11. The van der Waals surface area contributed by atoms with Gasteiger partial charge in [0.25, 0.3) is 0 Å². The van der Waals surface area contributed by atoms with Crippen LogP contribution in [-0.4, -0.2) is 44.4 Å². The Balaban J connectivity index is 2.03. The quantitative estimate of drug-likeness (QED) is 0.542. The van der Waals surface area contributed by atoms with Crippen molar-refractivity contribution in [2.24, 2.45) is 0 Å². The van der Waals surface area contributed by atoms with E-state index in [4.69, 9.17) is 12.6 Å². The number of anilines is 2. The Morgan fingerprint density at radius 1 is 1.19 bits per heavy atom. The highest BCUT2D eigenvalue weighted by Crippen LogP contribution is 2.29. The fourth-order valence-corrected chi connectivity index (χ4v) is 2.91. The van der Waals surface area contributed by atoms with Crippen molar-refractivity contribution in [1.29, 1.82) is 0 Å². The molecule has 0 amide bonds. The number of ether oxygens (including phenoxy) is 1. The largest absolute Gasteiger partial charge is 0.462 e. The highest BCUT2D eigenvalue weighted by Gasteiger charge is 2.17. The number of hydrogen-bond donors (Lipinski definition) is 1. The van der Waals surface area contributed by atoms with Gasteiger partial charge in [-0.15, -0.1) is 0 Å². The molecule has 1 N–H and O–H groups in total. The van der Waals surface area contributed by atoms with Gasteiger partial charge in [0.05, 0.1) is 17.8 Å². The predicted octanol–water partition coefficient (Wildman–Crippen LogP) is 3.01. The van der Waals surface area contributed by atoms with E-state index in [0.29, 0.717) is 23.3 Å². The van der Waals surface area contributed by atoms with E-state index < -0.39 is 5.97 Å². The number of esters is 1. The van der Waals surface area contributed by atoms with E-state index in [-0.39, 0.29) is 0 Å². The van der Waals surface area contributed by atoms with Crippen LogP contribution in [0.25, 0.3) is 10.9 Å². The topological polar surface area (TPSA) is 54.5 Å². The number of pyridine rings is 1. The molecule has 136 valence electrons. The highest BCUT2D eigenvalue weighted by molar-refractivity contribution is 6.33. The van der Waals surface area contributed by atoms with Crippen LogP contribution in [0.15, 0.2) is 48.7 Å². The molecular formula is C21H22BN3O2. The van der Waals surface area contributed by atoms with Gasteiger partial charge < -0.3 is 15.0 Å². The summed E-state index contributed by atoms with van der Waals surface area (Å²) in [6.07, 6.45) is 1.54. The molecule has 0 saturated carbocycles. The van der Waals surface area contributed by atoms with Gasteiger partial charge in [-0.25, -0.2) is 4.79 Å². The first-order valence-corrected chi connectivity index (χ1v) is 8.84. The van der Waals surface area contributed by atoms with E-state index in [0.717, 1.165) is 23.1 Å². The van der Waals surface area contributed by atoms with Crippen LogP contribution in [0.2, 0.25) is 0 Å². The Labute approximate surface area is 160 Å². The van der Waals surface area contributed by atoms with E-state index >= 15 is 0 Å². The van der Waals surface area contributed by atoms with Crippen LogP contribution in [-0.2, 0) is 11.3 Å². The molecule has 1 aromatic heterocycles. The average Bonchev–Trinajstić information content (AvgIpc) is 2.63. The zero-order valence-corrected chi connectivity index (χ0v) is 15.8. The zero-order chi connectivity index (χ0) is 19.4. The zero-order valence-electron chi connectivity index (χ0n) is 15.8. The van der Waals surface area contributed by atoms with Crippen LogP contribution < -0.4 is 10.8 Å². The third-order valence-corrected chi connectivity index (χ3v) is 4.11. The molecule has 0 aliphatic carbocycles. The number of hydrogen-bond acceptors (Lipinski definition) is 5. The fraction of sp³-hybridized carbons (Fsp3) is 0.238. The van der Waals surface area contributed by atoms with Gasteiger partial charge >= 0.3 is 5.97 Å². The first-order chi connectivity index (χ1) is 13.0. The number of nitrogens with one attached hydrogen (secondary N) is 1. The summed E-state index contributed by atoms with van der Waals surface area (Å²) in [6.45, 7) is 2.94. The molecule has 0 aliphatic rings. The van der Waals surface area contributed by atoms with Crippen molar-refractivity contribution in [1.82, 2.24) is 9.88 Å². The summed E-state index contributed by atoms with van der Waals surface area (Å²) in [5, 5.41) is 4.13. The minimum Gasteiger partial charge on any atom is -0.462 e. The van der Waals surface area contributed by atoms with Crippen molar-refractivity contribution in [2.75, 3.05) is 26.0 Å². The van der Waals surface area contributed by atoms with Gasteiger partial charge in [0.1, 0.15) is 13.4 Å². The smallest absolute Gasteiger partial charge is 0.341 e. The number of aromatic nitrogens is 1. The van der Waals surface area contributed by atoms with Gasteiger partial charge in [-0.1, -0.05) is 29.7 Å². The summed E-state index contributed by atoms with van der Waals surface area (Å²) < 4.78 is 5.19. The third kappa shape index (κ3) is 4.46. The van der Waals surface area contributed by atoms with Gasteiger partial charge in [0.15, 0.2) is 0 Å². The molecule has 5 nitrogen and oxygen atoms in total.